The van der Waals surface area contributed by atoms with E-state index in [1.54, 1.807) is 30.1 Å². The molecule has 0 fully saturated rings. The molecular weight excluding hydrogens is 257 g/mol. The molecule has 0 aliphatic heterocycles. The first-order valence-corrected chi connectivity index (χ1v) is 6.85. The Bertz CT molecular complexity index is 425. The van der Waals surface area contributed by atoms with Crippen molar-refractivity contribution >= 4 is 5.91 Å². The van der Waals surface area contributed by atoms with Gasteiger partial charge < -0.3 is 10.2 Å². The first-order chi connectivity index (χ1) is 9.54. The zero-order valence-electron chi connectivity index (χ0n) is 12.5. The van der Waals surface area contributed by atoms with Crippen molar-refractivity contribution in [2.75, 3.05) is 40.8 Å². The third-order valence-electron chi connectivity index (χ3n) is 3.16. The molecule has 112 valence electrons. The highest BCUT2D eigenvalue weighted by Gasteiger charge is 2.13. The van der Waals surface area contributed by atoms with Crippen molar-refractivity contribution in [3.8, 4) is 0 Å². The molecule has 0 spiro atoms. The topological polar surface area (TPSA) is 35.6 Å². The van der Waals surface area contributed by atoms with E-state index < -0.39 is 0 Å². The summed E-state index contributed by atoms with van der Waals surface area (Å²) < 4.78 is 13.5. The van der Waals surface area contributed by atoms with Gasteiger partial charge in [-0.25, -0.2) is 4.39 Å². The third-order valence-corrected chi connectivity index (χ3v) is 3.16. The Morgan fingerprint density at radius 2 is 2.00 bits per heavy atom. The summed E-state index contributed by atoms with van der Waals surface area (Å²) in [7, 11) is 5.54. The summed E-state index contributed by atoms with van der Waals surface area (Å²) in [5, 5.41) is 3.07. The van der Waals surface area contributed by atoms with Crippen molar-refractivity contribution in [2.45, 2.75) is 13.0 Å². The van der Waals surface area contributed by atoms with Crippen molar-refractivity contribution < 1.29 is 9.18 Å². The van der Waals surface area contributed by atoms with Crippen molar-refractivity contribution in [3.63, 3.8) is 0 Å². The first kappa shape index (κ1) is 16.6. The quantitative estimate of drug-likeness (QED) is 0.730. The number of nitrogens with one attached hydrogen (secondary N) is 1. The van der Waals surface area contributed by atoms with Gasteiger partial charge in [0.2, 0.25) is 5.91 Å². The Hall–Kier alpha value is -1.46. The Morgan fingerprint density at radius 1 is 1.30 bits per heavy atom. The largest absolute Gasteiger partial charge is 0.340 e. The van der Waals surface area contributed by atoms with E-state index >= 15 is 0 Å². The number of rotatable bonds is 8. The molecule has 0 saturated carbocycles. The van der Waals surface area contributed by atoms with Gasteiger partial charge in [0.15, 0.2) is 0 Å². The van der Waals surface area contributed by atoms with Gasteiger partial charge in [0.1, 0.15) is 5.82 Å². The molecule has 0 unspecified atom stereocenters. The number of hydrogen-bond donors (Lipinski definition) is 1. The molecule has 1 rings (SSSR count). The van der Waals surface area contributed by atoms with Gasteiger partial charge in [-0.1, -0.05) is 18.2 Å². The number of amides is 1. The zero-order valence-corrected chi connectivity index (χ0v) is 12.5. The summed E-state index contributed by atoms with van der Waals surface area (Å²) in [6.07, 6.45) is 0.997. The van der Waals surface area contributed by atoms with E-state index in [2.05, 4.69) is 5.32 Å². The minimum absolute atomic E-state index is 0.000195. The predicted octanol–water partition coefficient (Wildman–Crippen LogP) is 1.33. The standard InChI is InChI=1S/C15H24FN3O/c1-17-9-6-10-18(2)12-15(20)19(3)11-13-7-4-5-8-14(13)16/h4-5,7-8,17H,6,9-12H2,1-3H3. The molecule has 1 aromatic carbocycles. The predicted molar refractivity (Wildman–Crippen MR) is 78.9 cm³/mol. The Kier molecular flexibility index (Phi) is 7.18. The van der Waals surface area contributed by atoms with Gasteiger partial charge in [0.25, 0.3) is 0 Å². The summed E-state index contributed by atoms with van der Waals surface area (Å²) >= 11 is 0. The third kappa shape index (κ3) is 5.67. The van der Waals surface area contributed by atoms with Crippen LogP contribution in [0.3, 0.4) is 0 Å². The Balaban J connectivity index is 2.41. The lowest BCUT2D eigenvalue weighted by molar-refractivity contribution is -0.131. The second kappa shape index (κ2) is 8.66. The van der Waals surface area contributed by atoms with E-state index in [0.717, 1.165) is 19.5 Å². The van der Waals surface area contributed by atoms with Crippen LogP contribution in [0.15, 0.2) is 24.3 Å². The zero-order chi connectivity index (χ0) is 15.0. The molecule has 1 N–H and O–H groups in total. The summed E-state index contributed by atoms with van der Waals surface area (Å²) in [4.78, 5) is 15.6. The van der Waals surface area contributed by atoms with Crippen LogP contribution in [0.5, 0.6) is 0 Å². The lowest BCUT2D eigenvalue weighted by Crippen LogP contribution is -2.37. The number of carbonyl (C=O) groups excluding carboxylic acids is 1. The van der Waals surface area contributed by atoms with Crippen LogP contribution < -0.4 is 5.32 Å². The first-order valence-electron chi connectivity index (χ1n) is 6.85. The number of likely N-dealkylation sites (N-methyl/N-ethyl adjacent to an activating group) is 2. The maximum atomic E-state index is 13.5. The van der Waals surface area contributed by atoms with E-state index in [9.17, 15) is 9.18 Å². The van der Waals surface area contributed by atoms with E-state index in [0.29, 0.717) is 18.7 Å². The molecular formula is C15H24FN3O. The molecule has 0 bridgehead atoms. The van der Waals surface area contributed by atoms with E-state index in [1.807, 2.05) is 19.0 Å². The van der Waals surface area contributed by atoms with Crippen LogP contribution >= 0.6 is 0 Å². The second-order valence-corrected chi connectivity index (χ2v) is 5.04. The molecule has 0 aromatic heterocycles. The van der Waals surface area contributed by atoms with Crippen LogP contribution in [0.25, 0.3) is 0 Å². The molecule has 0 saturated heterocycles. The maximum Gasteiger partial charge on any atom is 0.236 e. The smallest absolute Gasteiger partial charge is 0.236 e. The molecule has 0 radical (unpaired) electrons. The number of hydrogen-bond acceptors (Lipinski definition) is 3. The van der Waals surface area contributed by atoms with Crippen LogP contribution in [0.1, 0.15) is 12.0 Å². The number of carbonyl (C=O) groups is 1. The molecule has 4 nitrogen and oxygen atoms in total. The molecule has 0 aliphatic carbocycles. The van der Waals surface area contributed by atoms with Gasteiger partial charge in [-0.2, -0.15) is 0 Å². The minimum atomic E-state index is -0.269. The molecule has 5 heteroatoms. The van der Waals surface area contributed by atoms with E-state index in [-0.39, 0.29) is 11.7 Å². The lowest BCUT2D eigenvalue weighted by Gasteiger charge is -2.22. The van der Waals surface area contributed by atoms with Crippen molar-refractivity contribution in [2.24, 2.45) is 0 Å². The Labute approximate surface area is 120 Å². The SMILES string of the molecule is CNCCCN(C)CC(=O)N(C)Cc1ccccc1F. The second-order valence-electron chi connectivity index (χ2n) is 5.04. The molecule has 0 heterocycles. The fourth-order valence-electron chi connectivity index (χ4n) is 1.93. The number of benzene rings is 1. The van der Waals surface area contributed by atoms with Crippen LogP contribution in [0, 0.1) is 5.82 Å². The van der Waals surface area contributed by atoms with E-state index in [4.69, 9.17) is 0 Å². The molecule has 0 aliphatic rings. The number of nitrogens with zero attached hydrogens (tertiary/aromatic N) is 2. The average molecular weight is 281 g/mol. The van der Waals surface area contributed by atoms with Crippen LogP contribution in [0.4, 0.5) is 4.39 Å². The maximum absolute atomic E-state index is 13.5. The van der Waals surface area contributed by atoms with Gasteiger partial charge in [-0.15, -0.1) is 0 Å². The summed E-state index contributed by atoms with van der Waals surface area (Å²) in [6, 6.07) is 6.55. The lowest BCUT2D eigenvalue weighted by atomic mass is 10.2. The van der Waals surface area contributed by atoms with Gasteiger partial charge in [-0.3, -0.25) is 9.69 Å². The highest BCUT2D eigenvalue weighted by atomic mass is 19.1. The van der Waals surface area contributed by atoms with Gasteiger partial charge in [0, 0.05) is 19.2 Å². The monoisotopic (exact) mass is 281 g/mol. The molecule has 0 atom stereocenters. The van der Waals surface area contributed by atoms with Crippen LogP contribution in [-0.4, -0.2) is 56.5 Å². The van der Waals surface area contributed by atoms with Crippen LogP contribution in [-0.2, 0) is 11.3 Å². The summed E-state index contributed by atoms with van der Waals surface area (Å²) in [5.41, 5.74) is 0.543. The molecule has 1 aromatic rings. The Morgan fingerprint density at radius 3 is 2.65 bits per heavy atom. The van der Waals surface area contributed by atoms with Gasteiger partial charge in [-0.05, 0) is 39.7 Å². The van der Waals surface area contributed by atoms with Crippen molar-refractivity contribution in [1.82, 2.24) is 15.1 Å². The summed E-state index contributed by atoms with van der Waals surface area (Å²) in [5.74, 6) is -0.269. The summed E-state index contributed by atoms with van der Waals surface area (Å²) in [6.45, 7) is 2.45. The average Bonchev–Trinajstić information content (AvgIpc) is 2.41. The van der Waals surface area contributed by atoms with Gasteiger partial charge in [0.05, 0.1) is 6.54 Å². The molecule has 1 amide bonds. The minimum Gasteiger partial charge on any atom is -0.340 e. The fraction of sp³-hybridized carbons (Fsp3) is 0.533. The highest BCUT2D eigenvalue weighted by molar-refractivity contribution is 5.77. The van der Waals surface area contributed by atoms with E-state index in [1.165, 1.54) is 6.07 Å². The highest BCUT2D eigenvalue weighted by Crippen LogP contribution is 2.09. The van der Waals surface area contributed by atoms with Gasteiger partial charge >= 0.3 is 0 Å². The fourth-order valence-corrected chi connectivity index (χ4v) is 1.93. The number of halogens is 1. The normalized spacial score (nSPS) is 10.8. The molecule has 20 heavy (non-hydrogen) atoms. The van der Waals surface area contributed by atoms with Crippen molar-refractivity contribution in [1.29, 1.82) is 0 Å². The van der Waals surface area contributed by atoms with Crippen molar-refractivity contribution in [3.05, 3.63) is 35.6 Å². The van der Waals surface area contributed by atoms with Crippen LogP contribution in [0.2, 0.25) is 0 Å².